The second-order valence-corrected chi connectivity index (χ2v) is 10.6. The SMILES string of the molecule is O=C(Nc1ccc2c(c1)OCCCO2)[C@@H]1C[C@@H]2CCCC[C@H]2N1S(=O)(=O)c1ccccc1. The molecule has 2 heterocycles. The molecule has 0 bridgehead atoms. The molecule has 1 N–H and O–H groups in total. The number of fused-ring (bicyclic) bond motifs is 2. The van der Waals surface area contributed by atoms with Crippen molar-refractivity contribution in [2.24, 2.45) is 5.92 Å². The molecule has 170 valence electrons. The lowest BCUT2D eigenvalue weighted by Gasteiger charge is -2.32. The van der Waals surface area contributed by atoms with E-state index in [1.54, 1.807) is 48.5 Å². The van der Waals surface area contributed by atoms with Crippen molar-refractivity contribution < 1.29 is 22.7 Å². The van der Waals surface area contributed by atoms with Crippen LogP contribution in [-0.2, 0) is 14.8 Å². The average Bonchev–Trinajstić information content (AvgIpc) is 3.06. The molecule has 1 amide bonds. The van der Waals surface area contributed by atoms with E-state index in [0.717, 1.165) is 32.1 Å². The maximum Gasteiger partial charge on any atom is 0.244 e. The molecule has 7 nitrogen and oxygen atoms in total. The van der Waals surface area contributed by atoms with Crippen LogP contribution in [0.1, 0.15) is 38.5 Å². The monoisotopic (exact) mass is 456 g/mol. The fourth-order valence-electron chi connectivity index (χ4n) is 5.17. The first-order valence-corrected chi connectivity index (χ1v) is 12.8. The van der Waals surface area contributed by atoms with E-state index in [1.807, 2.05) is 0 Å². The van der Waals surface area contributed by atoms with Gasteiger partial charge in [0.2, 0.25) is 15.9 Å². The molecular weight excluding hydrogens is 428 g/mol. The van der Waals surface area contributed by atoms with Crippen LogP contribution in [0.15, 0.2) is 53.4 Å². The number of sulfonamides is 1. The van der Waals surface area contributed by atoms with Crippen molar-refractivity contribution in [3.63, 3.8) is 0 Å². The van der Waals surface area contributed by atoms with Crippen LogP contribution in [0, 0.1) is 5.92 Å². The number of rotatable bonds is 4. The molecule has 0 radical (unpaired) electrons. The predicted octanol–water partition coefficient (Wildman–Crippen LogP) is 3.81. The largest absolute Gasteiger partial charge is 0.490 e. The number of nitrogens with zero attached hydrogens (tertiary/aromatic N) is 1. The fraction of sp³-hybridized carbons (Fsp3) is 0.458. The Morgan fingerprint density at radius 2 is 1.69 bits per heavy atom. The zero-order valence-corrected chi connectivity index (χ0v) is 18.7. The molecule has 8 heteroatoms. The third-order valence-electron chi connectivity index (χ3n) is 6.67. The molecule has 0 aromatic heterocycles. The Hall–Kier alpha value is -2.58. The minimum Gasteiger partial charge on any atom is -0.490 e. The van der Waals surface area contributed by atoms with Crippen LogP contribution in [0.3, 0.4) is 0 Å². The number of hydrogen-bond acceptors (Lipinski definition) is 5. The Labute approximate surface area is 188 Å². The van der Waals surface area contributed by atoms with Gasteiger partial charge in [0.25, 0.3) is 0 Å². The van der Waals surface area contributed by atoms with Gasteiger partial charge in [-0.2, -0.15) is 4.31 Å². The van der Waals surface area contributed by atoms with Gasteiger partial charge in [0, 0.05) is 24.2 Å². The number of carbonyl (C=O) groups is 1. The molecule has 0 unspecified atom stereocenters. The summed E-state index contributed by atoms with van der Waals surface area (Å²) in [6.07, 6.45) is 5.17. The Balaban J connectivity index is 1.43. The number of hydrogen-bond donors (Lipinski definition) is 1. The van der Waals surface area contributed by atoms with Gasteiger partial charge in [-0.1, -0.05) is 31.0 Å². The molecule has 32 heavy (non-hydrogen) atoms. The highest BCUT2D eigenvalue weighted by Gasteiger charge is 2.50. The average molecular weight is 457 g/mol. The summed E-state index contributed by atoms with van der Waals surface area (Å²) in [6.45, 7) is 1.15. The van der Waals surface area contributed by atoms with Gasteiger partial charge in [0.1, 0.15) is 6.04 Å². The summed E-state index contributed by atoms with van der Waals surface area (Å²) in [5.74, 6) is 1.16. The van der Waals surface area contributed by atoms with Crippen LogP contribution in [0.4, 0.5) is 5.69 Å². The molecular formula is C24H28N2O5S. The number of nitrogens with one attached hydrogen (secondary N) is 1. The molecule has 3 atom stereocenters. The van der Waals surface area contributed by atoms with Crippen molar-refractivity contribution >= 4 is 21.6 Å². The van der Waals surface area contributed by atoms with E-state index < -0.39 is 16.1 Å². The lowest BCUT2D eigenvalue weighted by atomic mass is 9.85. The van der Waals surface area contributed by atoms with Gasteiger partial charge in [0.15, 0.2) is 11.5 Å². The van der Waals surface area contributed by atoms with E-state index in [9.17, 15) is 13.2 Å². The van der Waals surface area contributed by atoms with Gasteiger partial charge in [0.05, 0.1) is 18.1 Å². The first-order chi connectivity index (χ1) is 15.5. The second kappa shape index (κ2) is 8.75. The molecule has 0 spiro atoms. The van der Waals surface area contributed by atoms with E-state index in [4.69, 9.17) is 9.47 Å². The molecule has 2 aromatic rings. The second-order valence-electron chi connectivity index (χ2n) is 8.71. The number of ether oxygens (including phenoxy) is 2. The quantitative estimate of drug-likeness (QED) is 0.756. The van der Waals surface area contributed by atoms with E-state index in [-0.39, 0.29) is 22.8 Å². The number of benzene rings is 2. The standard InChI is InChI=1S/C24H28N2O5S/c27-24(25-18-11-12-22-23(16-18)31-14-6-13-30-22)21-15-17-7-4-5-10-20(17)26(21)32(28,29)19-8-2-1-3-9-19/h1-3,8-9,11-12,16-17,20-21H,4-7,10,13-15H2,(H,25,27)/t17-,20+,21-/m0/s1. The van der Waals surface area contributed by atoms with Gasteiger partial charge >= 0.3 is 0 Å². The highest BCUT2D eigenvalue weighted by atomic mass is 32.2. The van der Waals surface area contributed by atoms with E-state index in [2.05, 4.69) is 5.32 Å². The van der Waals surface area contributed by atoms with Crippen LogP contribution < -0.4 is 14.8 Å². The molecule has 1 saturated heterocycles. The summed E-state index contributed by atoms with van der Waals surface area (Å²) in [5.41, 5.74) is 0.575. The van der Waals surface area contributed by atoms with E-state index in [0.29, 0.717) is 36.8 Å². The first kappa shape index (κ1) is 21.3. The first-order valence-electron chi connectivity index (χ1n) is 11.3. The van der Waals surface area contributed by atoms with Gasteiger partial charge in [-0.15, -0.1) is 0 Å². The van der Waals surface area contributed by atoms with E-state index >= 15 is 0 Å². The normalized spacial score (nSPS) is 25.6. The van der Waals surface area contributed by atoms with Crippen LogP contribution in [0.5, 0.6) is 11.5 Å². The summed E-state index contributed by atoms with van der Waals surface area (Å²) >= 11 is 0. The lowest BCUT2D eigenvalue weighted by Crippen LogP contribution is -2.47. The topological polar surface area (TPSA) is 84.9 Å². The van der Waals surface area contributed by atoms with Crippen LogP contribution >= 0.6 is 0 Å². The maximum absolute atomic E-state index is 13.6. The summed E-state index contributed by atoms with van der Waals surface area (Å²) in [6, 6.07) is 12.9. The van der Waals surface area contributed by atoms with Crippen LogP contribution in [-0.4, -0.2) is 43.9 Å². The molecule has 3 aliphatic rings. The Morgan fingerprint density at radius 1 is 0.938 bits per heavy atom. The Morgan fingerprint density at radius 3 is 2.50 bits per heavy atom. The Kier molecular flexibility index (Phi) is 5.82. The zero-order valence-electron chi connectivity index (χ0n) is 17.9. The van der Waals surface area contributed by atoms with Crippen LogP contribution in [0.25, 0.3) is 0 Å². The third-order valence-corrected chi connectivity index (χ3v) is 8.61. The summed E-state index contributed by atoms with van der Waals surface area (Å²) in [7, 11) is -3.79. The van der Waals surface area contributed by atoms with Crippen molar-refractivity contribution in [1.82, 2.24) is 4.31 Å². The van der Waals surface area contributed by atoms with Gasteiger partial charge in [-0.05, 0) is 49.4 Å². The highest BCUT2D eigenvalue weighted by Crippen LogP contribution is 2.43. The summed E-state index contributed by atoms with van der Waals surface area (Å²) < 4.78 is 40.1. The van der Waals surface area contributed by atoms with Crippen molar-refractivity contribution in [3.05, 3.63) is 48.5 Å². The molecule has 1 saturated carbocycles. The van der Waals surface area contributed by atoms with Crippen molar-refractivity contribution in [2.45, 2.75) is 55.5 Å². The minimum atomic E-state index is -3.79. The van der Waals surface area contributed by atoms with Gasteiger partial charge in [-0.25, -0.2) is 8.42 Å². The molecule has 2 fully saturated rings. The lowest BCUT2D eigenvalue weighted by molar-refractivity contribution is -0.119. The summed E-state index contributed by atoms with van der Waals surface area (Å²) in [4.78, 5) is 13.6. The van der Waals surface area contributed by atoms with Crippen molar-refractivity contribution in [1.29, 1.82) is 0 Å². The number of amides is 1. The van der Waals surface area contributed by atoms with Gasteiger partial charge < -0.3 is 14.8 Å². The molecule has 2 aromatic carbocycles. The molecule has 2 aliphatic heterocycles. The number of carbonyl (C=O) groups excluding carboxylic acids is 1. The predicted molar refractivity (Wildman–Crippen MR) is 120 cm³/mol. The third kappa shape index (κ3) is 3.97. The summed E-state index contributed by atoms with van der Waals surface area (Å²) in [5, 5.41) is 2.94. The Bertz CT molecular complexity index is 1090. The molecule has 1 aliphatic carbocycles. The zero-order chi connectivity index (χ0) is 22.1. The minimum absolute atomic E-state index is 0.131. The van der Waals surface area contributed by atoms with Gasteiger partial charge in [-0.3, -0.25) is 4.79 Å². The smallest absolute Gasteiger partial charge is 0.244 e. The number of anilines is 1. The fourth-order valence-corrected chi connectivity index (χ4v) is 7.06. The molecule has 5 rings (SSSR count). The van der Waals surface area contributed by atoms with Crippen molar-refractivity contribution in [3.8, 4) is 11.5 Å². The van der Waals surface area contributed by atoms with Crippen LogP contribution in [0.2, 0.25) is 0 Å². The van der Waals surface area contributed by atoms with E-state index in [1.165, 1.54) is 4.31 Å². The highest BCUT2D eigenvalue weighted by molar-refractivity contribution is 7.89. The van der Waals surface area contributed by atoms with Crippen molar-refractivity contribution in [2.75, 3.05) is 18.5 Å². The maximum atomic E-state index is 13.6.